The average Bonchev–Trinajstić information content (AvgIpc) is 2.85. The van der Waals surface area contributed by atoms with Crippen LogP contribution in [0.2, 0.25) is 0 Å². The summed E-state index contributed by atoms with van der Waals surface area (Å²) in [6.07, 6.45) is 2.06. The van der Waals surface area contributed by atoms with Crippen molar-refractivity contribution in [3.8, 4) is 0 Å². The number of carbonyl (C=O) groups is 2. The standard InChI is InChI=1S/C8H12N2O3/c11-6-3-5(8(12)13)9-7(10-6)4-1-2-4/h4-5,7,9H,1-3H2,(H,10,11)(H,12,13). The van der Waals surface area contributed by atoms with Crippen molar-refractivity contribution >= 4 is 11.9 Å². The second-order valence-corrected chi connectivity index (χ2v) is 3.64. The largest absolute Gasteiger partial charge is 0.480 e. The summed E-state index contributed by atoms with van der Waals surface area (Å²) in [6, 6.07) is -0.709. The number of amides is 1. The monoisotopic (exact) mass is 184 g/mol. The Morgan fingerprint density at radius 2 is 2.15 bits per heavy atom. The van der Waals surface area contributed by atoms with Crippen LogP contribution in [0.25, 0.3) is 0 Å². The van der Waals surface area contributed by atoms with Crippen molar-refractivity contribution < 1.29 is 14.7 Å². The van der Waals surface area contributed by atoms with E-state index in [1.165, 1.54) is 0 Å². The molecular formula is C8H12N2O3. The van der Waals surface area contributed by atoms with Gasteiger partial charge in [-0.05, 0) is 18.8 Å². The third-order valence-corrected chi connectivity index (χ3v) is 2.48. The molecule has 3 N–H and O–H groups in total. The molecule has 5 nitrogen and oxygen atoms in total. The van der Waals surface area contributed by atoms with E-state index in [1.54, 1.807) is 0 Å². The zero-order valence-corrected chi connectivity index (χ0v) is 7.12. The van der Waals surface area contributed by atoms with Crippen molar-refractivity contribution in [3.05, 3.63) is 0 Å². The van der Waals surface area contributed by atoms with Crippen LogP contribution in [0.5, 0.6) is 0 Å². The Kier molecular flexibility index (Phi) is 1.95. The zero-order valence-electron chi connectivity index (χ0n) is 7.12. The smallest absolute Gasteiger partial charge is 0.321 e. The molecule has 1 saturated carbocycles. The van der Waals surface area contributed by atoms with Gasteiger partial charge in [-0.25, -0.2) is 0 Å². The van der Waals surface area contributed by atoms with E-state index >= 15 is 0 Å². The van der Waals surface area contributed by atoms with E-state index in [0.29, 0.717) is 5.92 Å². The Labute approximate surface area is 75.5 Å². The number of rotatable bonds is 2. The van der Waals surface area contributed by atoms with Crippen LogP contribution in [0.3, 0.4) is 0 Å². The van der Waals surface area contributed by atoms with Crippen LogP contribution in [0.1, 0.15) is 19.3 Å². The summed E-state index contributed by atoms with van der Waals surface area (Å²) >= 11 is 0. The Hall–Kier alpha value is -1.10. The number of carboxylic acids is 1. The number of carbonyl (C=O) groups excluding carboxylic acids is 1. The number of hydrogen-bond donors (Lipinski definition) is 3. The lowest BCUT2D eigenvalue weighted by atomic mass is 10.1. The van der Waals surface area contributed by atoms with Crippen LogP contribution in [0.15, 0.2) is 0 Å². The van der Waals surface area contributed by atoms with Crippen molar-refractivity contribution in [1.29, 1.82) is 0 Å². The van der Waals surface area contributed by atoms with Crippen LogP contribution < -0.4 is 10.6 Å². The van der Waals surface area contributed by atoms with Gasteiger partial charge >= 0.3 is 5.97 Å². The van der Waals surface area contributed by atoms with E-state index in [1.807, 2.05) is 0 Å². The van der Waals surface area contributed by atoms with Gasteiger partial charge in [0.15, 0.2) is 0 Å². The van der Waals surface area contributed by atoms with Gasteiger partial charge in [0.05, 0.1) is 12.6 Å². The van der Waals surface area contributed by atoms with E-state index in [0.717, 1.165) is 12.8 Å². The van der Waals surface area contributed by atoms with Gasteiger partial charge < -0.3 is 10.4 Å². The van der Waals surface area contributed by atoms with Gasteiger partial charge in [0.25, 0.3) is 0 Å². The summed E-state index contributed by atoms with van der Waals surface area (Å²) < 4.78 is 0. The minimum absolute atomic E-state index is 0.0402. The molecule has 2 aliphatic rings. The Bertz CT molecular complexity index is 250. The maximum absolute atomic E-state index is 11.1. The minimum atomic E-state index is -0.944. The molecule has 1 aliphatic heterocycles. The van der Waals surface area contributed by atoms with Crippen LogP contribution in [0, 0.1) is 5.92 Å². The van der Waals surface area contributed by atoms with Gasteiger partial charge in [-0.3, -0.25) is 14.9 Å². The lowest BCUT2D eigenvalue weighted by molar-refractivity contribution is -0.143. The van der Waals surface area contributed by atoms with Crippen LogP contribution in [-0.2, 0) is 9.59 Å². The fourth-order valence-corrected chi connectivity index (χ4v) is 1.58. The predicted molar refractivity (Wildman–Crippen MR) is 43.8 cm³/mol. The van der Waals surface area contributed by atoms with E-state index in [9.17, 15) is 9.59 Å². The third-order valence-electron chi connectivity index (χ3n) is 2.48. The molecule has 72 valence electrons. The zero-order chi connectivity index (χ0) is 9.42. The summed E-state index contributed by atoms with van der Waals surface area (Å²) in [5.41, 5.74) is 0. The molecule has 1 aliphatic carbocycles. The first-order chi connectivity index (χ1) is 6.16. The average molecular weight is 184 g/mol. The minimum Gasteiger partial charge on any atom is -0.480 e. The van der Waals surface area contributed by atoms with Gasteiger partial charge in [0, 0.05) is 0 Å². The molecule has 2 atom stereocenters. The molecule has 0 aromatic rings. The SMILES string of the molecule is O=C1CC(C(=O)O)NC(C2CC2)N1. The van der Waals surface area contributed by atoms with Crippen LogP contribution in [0.4, 0.5) is 0 Å². The molecule has 5 heteroatoms. The van der Waals surface area contributed by atoms with E-state index < -0.39 is 12.0 Å². The lowest BCUT2D eigenvalue weighted by Gasteiger charge is -2.29. The van der Waals surface area contributed by atoms with Crippen LogP contribution in [-0.4, -0.2) is 29.2 Å². The number of carboxylic acid groups (broad SMARTS) is 1. The third kappa shape index (κ3) is 1.80. The quantitative estimate of drug-likeness (QED) is 0.529. The highest BCUT2D eigenvalue weighted by molar-refractivity contribution is 5.85. The summed E-state index contributed by atoms with van der Waals surface area (Å²) in [5.74, 6) is -0.672. The second-order valence-electron chi connectivity index (χ2n) is 3.64. The summed E-state index contributed by atoms with van der Waals surface area (Å²) in [7, 11) is 0. The number of nitrogens with one attached hydrogen (secondary N) is 2. The van der Waals surface area contributed by atoms with Crippen molar-refractivity contribution in [1.82, 2.24) is 10.6 Å². The second kappa shape index (κ2) is 2.99. The molecule has 13 heavy (non-hydrogen) atoms. The molecule has 1 heterocycles. The predicted octanol–water partition coefficient (Wildman–Crippen LogP) is -0.715. The van der Waals surface area contributed by atoms with Crippen molar-refractivity contribution in [2.24, 2.45) is 5.92 Å². The molecule has 2 fully saturated rings. The highest BCUT2D eigenvalue weighted by atomic mass is 16.4. The molecular weight excluding hydrogens is 172 g/mol. The van der Waals surface area contributed by atoms with E-state index in [-0.39, 0.29) is 18.5 Å². The molecule has 1 saturated heterocycles. The van der Waals surface area contributed by atoms with Gasteiger partial charge in [-0.2, -0.15) is 0 Å². The van der Waals surface area contributed by atoms with Gasteiger partial charge in [-0.1, -0.05) is 0 Å². The molecule has 0 bridgehead atoms. The fraction of sp³-hybridized carbons (Fsp3) is 0.750. The first-order valence-corrected chi connectivity index (χ1v) is 4.45. The molecule has 2 rings (SSSR count). The summed E-state index contributed by atoms with van der Waals surface area (Å²) in [5, 5.41) is 14.4. The fourth-order valence-electron chi connectivity index (χ4n) is 1.58. The Morgan fingerprint density at radius 1 is 1.46 bits per heavy atom. The van der Waals surface area contributed by atoms with E-state index in [2.05, 4.69) is 10.6 Å². The lowest BCUT2D eigenvalue weighted by Crippen LogP contribution is -2.59. The molecule has 0 radical (unpaired) electrons. The summed E-state index contributed by atoms with van der Waals surface area (Å²) in [4.78, 5) is 21.8. The first kappa shape index (κ1) is 8.50. The van der Waals surface area contributed by atoms with Crippen molar-refractivity contribution in [2.45, 2.75) is 31.5 Å². The highest BCUT2D eigenvalue weighted by Gasteiger charge is 2.38. The summed E-state index contributed by atoms with van der Waals surface area (Å²) in [6.45, 7) is 0. The Balaban J connectivity index is 1.99. The molecule has 1 amide bonds. The van der Waals surface area contributed by atoms with Crippen molar-refractivity contribution in [3.63, 3.8) is 0 Å². The van der Waals surface area contributed by atoms with Gasteiger partial charge in [0.1, 0.15) is 6.04 Å². The molecule has 0 spiro atoms. The van der Waals surface area contributed by atoms with Gasteiger partial charge in [0.2, 0.25) is 5.91 Å². The Morgan fingerprint density at radius 3 is 2.69 bits per heavy atom. The molecule has 0 aromatic heterocycles. The maximum atomic E-state index is 11.1. The molecule has 2 unspecified atom stereocenters. The highest BCUT2D eigenvalue weighted by Crippen LogP contribution is 2.32. The molecule has 0 aromatic carbocycles. The topological polar surface area (TPSA) is 78.4 Å². The van der Waals surface area contributed by atoms with Gasteiger partial charge in [-0.15, -0.1) is 0 Å². The normalized spacial score (nSPS) is 34.0. The number of hydrogen-bond acceptors (Lipinski definition) is 3. The number of aliphatic carboxylic acids is 1. The van der Waals surface area contributed by atoms with Crippen LogP contribution >= 0.6 is 0 Å². The van der Waals surface area contributed by atoms with Crippen molar-refractivity contribution in [2.75, 3.05) is 0 Å². The maximum Gasteiger partial charge on any atom is 0.321 e. The van der Waals surface area contributed by atoms with E-state index in [4.69, 9.17) is 5.11 Å². The first-order valence-electron chi connectivity index (χ1n) is 4.45.